The Bertz CT molecular complexity index is 858. The molecule has 7 heteroatoms. The van der Waals surface area contributed by atoms with E-state index in [4.69, 9.17) is 4.74 Å². The van der Waals surface area contributed by atoms with Gasteiger partial charge >= 0.3 is 0 Å². The monoisotopic (exact) mass is 387 g/mol. The standard InChI is InChI=1S/C20H25N3O3S/c1-5-13(6-2)19(25)22-20-21-18(12(4)27-20)14-8-9-16-15(10-14)23(7-3)17(24)11-26-16/h8-10,13H,5-7,11H2,1-4H3,(H,21,22,25). The quantitative estimate of drug-likeness (QED) is 0.805. The maximum atomic E-state index is 12.3. The van der Waals surface area contributed by atoms with Crippen molar-refractivity contribution in [3.05, 3.63) is 23.1 Å². The summed E-state index contributed by atoms with van der Waals surface area (Å²) in [6.07, 6.45) is 1.62. The first-order valence-electron chi connectivity index (χ1n) is 9.34. The highest BCUT2D eigenvalue weighted by molar-refractivity contribution is 7.16. The van der Waals surface area contributed by atoms with Crippen molar-refractivity contribution in [2.45, 2.75) is 40.5 Å². The van der Waals surface area contributed by atoms with Gasteiger partial charge in [-0.15, -0.1) is 11.3 Å². The lowest BCUT2D eigenvalue weighted by atomic mass is 10.0. The van der Waals surface area contributed by atoms with E-state index < -0.39 is 0 Å². The number of benzene rings is 1. The lowest BCUT2D eigenvalue weighted by Crippen LogP contribution is -2.38. The van der Waals surface area contributed by atoms with Crippen molar-refractivity contribution < 1.29 is 14.3 Å². The predicted octanol–water partition coefficient (Wildman–Crippen LogP) is 4.24. The first-order valence-corrected chi connectivity index (χ1v) is 10.2. The van der Waals surface area contributed by atoms with Crippen molar-refractivity contribution in [2.24, 2.45) is 5.92 Å². The number of ether oxygens (including phenoxy) is 1. The number of nitrogens with one attached hydrogen (secondary N) is 1. The Hall–Kier alpha value is -2.41. The minimum absolute atomic E-state index is 0.00248. The Labute approximate surface area is 163 Å². The van der Waals surface area contributed by atoms with Crippen LogP contribution in [0.15, 0.2) is 18.2 Å². The molecule has 2 aromatic rings. The van der Waals surface area contributed by atoms with Crippen LogP contribution < -0.4 is 15.0 Å². The molecule has 0 bridgehead atoms. The van der Waals surface area contributed by atoms with Crippen molar-refractivity contribution in [3.8, 4) is 17.0 Å². The third-order valence-corrected chi connectivity index (χ3v) is 5.76. The number of hydrogen-bond acceptors (Lipinski definition) is 5. The molecule has 27 heavy (non-hydrogen) atoms. The molecule has 3 rings (SSSR count). The topological polar surface area (TPSA) is 71.5 Å². The molecule has 0 unspecified atom stereocenters. The molecule has 0 atom stereocenters. The maximum absolute atomic E-state index is 12.3. The highest BCUT2D eigenvalue weighted by Gasteiger charge is 2.25. The van der Waals surface area contributed by atoms with E-state index in [1.165, 1.54) is 11.3 Å². The summed E-state index contributed by atoms with van der Waals surface area (Å²) in [5.41, 5.74) is 2.49. The van der Waals surface area contributed by atoms with Crippen LogP contribution in [-0.4, -0.2) is 29.9 Å². The minimum Gasteiger partial charge on any atom is -0.482 e. The molecule has 0 spiro atoms. The van der Waals surface area contributed by atoms with Gasteiger partial charge in [0.1, 0.15) is 5.75 Å². The zero-order valence-corrected chi connectivity index (χ0v) is 17.0. The maximum Gasteiger partial charge on any atom is 0.265 e. The molecule has 1 aliphatic heterocycles. The second-order valence-electron chi connectivity index (χ2n) is 6.54. The normalized spacial score (nSPS) is 13.5. The van der Waals surface area contributed by atoms with Crippen molar-refractivity contribution >= 4 is 34.0 Å². The number of aromatic nitrogens is 1. The van der Waals surface area contributed by atoms with Gasteiger partial charge in [0.25, 0.3) is 5.91 Å². The van der Waals surface area contributed by atoms with Gasteiger partial charge in [-0.1, -0.05) is 13.8 Å². The van der Waals surface area contributed by atoms with Gasteiger partial charge in [0, 0.05) is 22.9 Å². The molecule has 6 nitrogen and oxygen atoms in total. The van der Waals surface area contributed by atoms with E-state index >= 15 is 0 Å². The van der Waals surface area contributed by atoms with E-state index in [0.29, 0.717) is 17.4 Å². The first kappa shape index (κ1) is 19.4. The Morgan fingerprint density at radius 1 is 1.33 bits per heavy atom. The van der Waals surface area contributed by atoms with Crippen LogP contribution >= 0.6 is 11.3 Å². The van der Waals surface area contributed by atoms with Crippen LogP contribution in [0.25, 0.3) is 11.3 Å². The first-order chi connectivity index (χ1) is 13.0. The van der Waals surface area contributed by atoms with E-state index in [1.807, 2.05) is 45.9 Å². The molecule has 144 valence electrons. The van der Waals surface area contributed by atoms with Crippen LogP contribution in [0.4, 0.5) is 10.8 Å². The molecule has 0 saturated carbocycles. The minimum atomic E-state index is -0.0460. The van der Waals surface area contributed by atoms with Crippen LogP contribution in [-0.2, 0) is 9.59 Å². The average Bonchev–Trinajstić information content (AvgIpc) is 3.02. The van der Waals surface area contributed by atoms with Gasteiger partial charge in [-0.2, -0.15) is 0 Å². The fourth-order valence-corrected chi connectivity index (χ4v) is 4.12. The molecular weight excluding hydrogens is 362 g/mol. The second kappa shape index (κ2) is 8.08. The largest absolute Gasteiger partial charge is 0.482 e. The number of aryl methyl sites for hydroxylation is 1. The van der Waals surface area contributed by atoms with E-state index in [0.717, 1.165) is 34.7 Å². The predicted molar refractivity (Wildman–Crippen MR) is 109 cm³/mol. The molecular formula is C20H25N3O3S. The summed E-state index contributed by atoms with van der Waals surface area (Å²) in [6, 6.07) is 5.75. The van der Waals surface area contributed by atoms with Gasteiger partial charge in [-0.25, -0.2) is 4.98 Å². The third-order valence-electron chi connectivity index (χ3n) is 4.87. The van der Waals surface area contributed by atoms with Crippen molar-refractivity contribution in [2.75, 3.05) is 23.4 Å². The average molecular weight is 388 g/mol. The number of amides is 2. The fourth-order valence-electron chi connectivity index (χ4n) is 3.28. The van der Waals surface area contributed by atoms with Gasteiger partial charge < -0.3 is 15.0 Å². The number of fused-ring (bicyclic) bond motifs is 1. The number of carbonyl (C=O) groups excluding carboxylic acids is 2. The van der Waals surface area contributed by atoms with Gasteiger partial charge in [0.2, 0.25) is 5.91 Å². The third kappa shape index (κ3) is 3.83. The molecule has 1 aliphatic rings. The Morgan fingerprint density at radius 3 is 2.74 bits per heavy atom. The van der Waals surface area contributed by atoms with Crippen LogP contribution in [0, 0.1) is 12.8 Å². The summed E-state index contributed by atoms with van der Waals surface area (Å²) in [7, 11) is 0. The summed E-state index contributed by atoms with van der Waals surface area (Å²) in [6.45, 7) is 8.62. The van der Waals surface area contributed by atoms with Gasteiger partial charge in [0.05, 0.1) is 11.4 Å². The van der Waals surface area contributed by atoms with Gasteiger partial charge in [-0.3, -0.25) is 9.59 Å². The molecule has 1 aromatic heterocycles. The van der Waals surface area contributed by atoms with E-state index in [2.05, 4.69) is 10.3 Å². The highest BCUT2D eigenvalue weighted by Crippen LogP contribution is 2.38. The summed E-state index contributed by atoms with van der Waals surface area (Å²) < 4.78 is 5.53. The number of rotatable bonds is 6. The lowest BCUT2D eigenvalue weighted by molar-refractivity contribution is -0.121. The van der Waals surface area contributed by atoms with E-state index in [1.54, 1.807) is 4.90 Å². The van der Waals surface area contributed by atoms with E-state index in [-0.39, 0.29) is 24.3 Å². The zero-order chi connectivity index (χ0) is 19.6. The molecule has 2 heterocycles. The van der Waals surface area contributed by atoms with Crippen LogP contribution in [0.1, 0.15) is 38.5 Å². The van der Waals surface area contributed by atoms with Crippen LogP contribution in [0.2, 0.25) is 0 Å². The Kier molecular flexibility index (Phi) is 5.79. The van der Waals surface area contributed by atoms with Crippen molar-refractivity contribution in [1.82, 2.24) is 4.98 Å². The number of anilines is 2. The zero-order valence-electron chi connectivity index (χ0n) is 16.2. The summed E-state index contributed by atoms with van der Waals surface area (Å²) in [4.78, 5) is 31.8. The SMILES string of the molecule is CCC(CC)C(=O)Nc1nc(-c2ccc3c(c2)N(CC)C(=O)CO3)c(C)s1. The number of thiazole rings is 1. The van der Waals surface area contributed by atoms with Crippen molar-refractivity contribution in [1.29, 1.82) is 0 Å². The van der Waals surface area contributed by atoms with E-state index in [9.17, 15) is 9.59 Å². The molecule has 0 fully saturated rings. The Balaban J connectivity index is 1.90. The summed E-state index contributed by atoms with van der Waals surface area (Å²) in [5.74, 6) is 0.676. The number of hydrogen-bond donors (Lipinski definition) is 1. The summed E-state index contributed by atoms with van der Waals surface area (Å²) in [5, 5.41) is 3.55. The Morgan fingerprint density at radius 2 is 2.07 bits per heavy atom. The van der Waals surface area contributed by atoms with Crippen LogP contribution in [0.3, 0.4) is 0 Å². The molecule has 0 radical (unpaired) electrons. The number of nitrogens with zero attached hydrogens (tertiary/aromatic N) is 2. The molecule has 0 saturated heterocycles. The lowest BCUT2D eigenvalue weighted by Gasteiger charge is -2.28. The molecule has 1 N–H and O–H groups in total. The molecule has 1 aromatic carbocycles. The highest BCUT2D eigenvalue weighted by atomic mass is 32.1. The molecule has 2 amide bonds. The van der Waals surface area contributed by atoms with Gasteiger partial charge in [0.15, 0.2) is 11.7 Å². The number of likely N-dealkylation sites (N-methyl/N-ethyl adjacent to an activating group) is 1. The van der Waals surface area contributed by atoms with Crippen LogP contribution in [0.5, 0.6) is 5.75 Å². The smallest absolute Gasteiger partial charge is 0.265 e. The fraction of sp³-hybridized carbons (Fsp3) is 0.450. The second-order valence-corrected chi connectivity index (χ2v) is 7.74. The van der Waals surface area contributed by atoms with Crippen molar-refractivity contribution in [3.63, 3.8) is 0 Å². The molecule has 0 aliphatic carbocycles. The van der Waals surface area contributed by atoms with Gasteiger partial charge in [-0.05, 0) is 44.9 Å². The number of carbonyl (C=O) groups is 2. The summed E-state index contributed by atoms with van der Waals surface area (Å²) >= 11 is 1.47.